The van der Waals surface area contributed by atoms with Gasteiger partial charge in [-0.3, -0.25) is 4.79 Å². The summed E-state index contributed by atoms with van der Waals surface area (Å²) in [7, 11) is 1.60. The van der Waals surface area contributed by atoms with Crippen LogP contribution in [0.2, 0.25) is 0 Å². The standard InChI is InChI=1S/C11H18N2O4/c1-4-11(2,16-3)10-13-12-8(17-10)6-5-7-9(14)15/h4-7H2,1-3H3,(H,14,15). The van der Waals surface area contributed by atoms with E-state index in [1.807, 2.05) is 13.8 Å². The Hall–Kier alpha value is -1.43. The lowest BCUT2D eigenvalue weighted by Gasteiger charge is -2.21. The summed E-state index contributed by atoms with van der Waals surface area (Å²) < 4.78 is 10.8. The average Bonchev–Trinajstić information content (AvgIpc) is 2.77. The van der Waals surface area contributed by atoms with E-state index in [-0.39, 0.29) is 6.42 Å². The number of ether oxygens (including phenoxy) is 1. The van der Waals surface area contributed by atoms with Gasteiger partial charge in [0.15, 0.2) is 0 Å². The number of nitrogens with zero attached hydrogens (tertiary/aromatic N) is 2. The number of aliphatic carboxylic acids is 1. The van der Waals surface area contributed by atoms with Crippen LogP contribution in [0.5, 0.6) is 0 Å². The Morgan fingerprint density at radius 2 is 2.24 bits per heavy atom. The minimum absolute atomic E-state index is 0.104. The first-order valence-electron chi connectivity index (χ1n) is 5.61. The molecule has 0 spiro atoms. The Kier molecular flexibility index (Phi) is 4.62. The number of carboxylic acids is 1. The van der Waals surface area contributed by atoms with Gasteiger partial charge in [0.25, 0.3) is 0 Å². The number of carbonyl (C=O) groups is 1. The van der Waals surface area contributed by atoms with Crippen molar-refractivity contribution in [2.75, 3.05) is 7.11 Å². The fraction of sp³-hybridized carbons (Fsp3) is 0.727. The van der Waals surface area contributed by atoms with Gasteiger partial charge in [-0.2, -0.15) is 0 Å². The van der Waals surface area contributed by atoms with E-state index in [1.165, 1.54) is 0 Å². The summed E-state index contributed by atoms with van der Waals surface area (Å²) in [5, 5.41) is 16.3. The van der Waals surface area contributed by atoms with Crippen molar-refractivity contribution in [2.45, 2.75) is 45.1 Å². The largest absolute Gasteiger partial charge is 0.481 e. The number of hydrogen-bond acceptors (Lipinski definition) is 5. The molecule has 0 saturated carbocycles. The maximum absolute atomic E-state index is 10.4. The van der Waals surface area contributed by atoms with Gasteiger partial charge in [0, 0.05) is 20.0 Å². The molecule has 0 radical (unpaired) electrons. The first-order valence-corrected chi connectivity index (χ1v) is 5.61. The summed E-state index contributed by atoms with van der Waals surface area (Å²) >= 11 is 0. The average molecular weight is 242 g/mol. The van der Waals surface area contributed by atoms with E-state index in [1.54, 1.807) is 7.11 Å². The molecule has 0 aliphatic carbocycles. The van der Waals surface area contributed by atoms with Gasteiger partial charge in [0.2, 0.25) is 11.8 Å². The summed E-state index contributed by atoms with van der Waals surface area (Å²) in [6.07, 6.45) is 1.79. The predicted octanol–water partition coefficient (Wildman–Crippen LogP) is 1.75. The topological polar surface area (TPSA) is 85.5 Å². The Labute approximate surface area is 100.0 Å². The Balaban J connectivity index is 2.61. The molecule has 1 aromatic heterocycles. The zero-order valence-electron chi connectivity index (χ0n) is 10.4. The molecule has 0 aliphatic heterocycles. The third-order valence-electron chi connectivity index (χ3n) is 2.83. The zero-order valence-corrected chi connectivity index (χ0v) is 10.4. The molecule has 1 heterocycles. The first kappa shape index (κ1) is 13.6. The van der Waals surface area contributed by atoms with Crippen LogP contribution in [0.15, 0.2) is 4.42 Å². The van der Waals surface area contributed by atoms with Gasteiger partial charge in [-0.15, -0.1) is 10.2 Å². The highest BCUT2D eigenvalue weighted by Gasteiger charge is 2.30. The lowest BCUT2D eigenvalue weighted by atomic mass is 10.0. The Morgan fingerprint density at radius 3 is 2.76 bits per heavy atom. The van der Waals surface area contributed by atoms with Gasteiger partial charge in [0.1, 0.15) is 5.60 Å². The number of rotatable bonds is 7. The van der Waals surface area contributed by atoms with Crippen LogP contribution in [-0.4, -0.2) is 28.4 Å². The van der Waals surface area contributed by atoms with E-state index in [0.29, 0.717) is 24.6 Å². The number of aryl methyl sites for hydroxylation is 1. The fourth-order valence-corrected chi connectivity index (χ4v) is 1.34. The minimum atomic E-state index is -0.819. The molecule has 1 N–H and O–H groups in total. The summed E-state index contributed by atoms with van der Waals surface area (Å²) in [5.74, 6) is 0.0748. The SMILES string of the molecule is CCC(C)(OC)c1nnc(CCCC(=O)O)o1. The third kappa shape index (κ3) is 3.52. The Morgan fingerprint density at radius 1 is 1.53 bits per heavy atom. The van der Waals surface area contributed by atoms with Crippen molar-refractivity contribution in [1.29, 1.82) is 0 Å². The molecule has 17 heavy (non-hydrogen) atoms. The van der Waals surface area contributed by atoms with Crippen molar-refractivity contribution in [3.63, 3.8) is 0 Å². The molecular weight excluding hydrogens is 224 g/mol. The number of aromatic nitrogens is 2. The maximum atomic E-state index is 10.4. The molecule has 96 valence electrons. The summed E-state index contributed by atoms with van der Waals surface area (Å²) in [6, 6.07) is 0. The first-order chi connectivity index (χ1) is 8.01. The van der Waals surface area contributed by atoms with Crippen LogP contribution < -0.4 is 0 Å². The zero-order chi connectivity index (χ0) is 12.9. The van der Waals surface area contributed by atoms with Crippen LogP contribution in [0.25, 0.3) is 0 Å². The van der Waals surface area contributed by atoms with Gasteiger partial charge >= 0.3 is 5.97 Å². The van der Waals surface area contributed by atoms with Crippen LogP contribution >= 0.6 is 0 Å². The van der Waals surface area contributed by atoms with Crippen molar-refractivity contribution in [3.8, 4) is 0 Å². The van der Waals surface area contributed by atoms with Crippen molar-refractivity contribution in [1.82, 2.24) is 10.2 Å². The molecule has 1 atom stereocenters. The molecule has 1 unspecified atom stereocenters. The third-order valence-corrected chi connectivity index (χ3v) is 2.83. The van der Waals surface area contributed by atoms with E-state index >= 15 is 0 Å². The van der Waals surface area contributed by atoms with E-state index in [4.69, 9.17) is 14.3 Å². The molecule has 1 rings (SSSR count). The highest BCUT2D eigenvalue weighted by atomic mass is 16.5. The van der Waals surface area contributed by atoms with Gasteiger partial charge in [0.05, 0.1) is 0 Å². The highest BCUT2D eigenvalue weighted by molar-refractivity contribution is 5.66. The van der Waals surface area contributed by atoms with Crippen molar-refractivity contribution < 1.29 is 19.1 Å². The van der Waals surface area contributed by atoms with Crippen LogP contribution in [0, 0.1) is 0 Å². The molecule has 0 fully saturated rings. The molecule has 0 amide bonds. The minimum Gasteiger partial charge on any atom is -0.481 e. The fourth-order valence-electron chi connectivity index (χ4n) is 1.34. The lowest BCUT2D eigenvalue weighted by Crippen LogP contribution is -2.23. The van der Waals surface area contributed by atoms with Crippen molar-refractivity contribution in [3.05, 3.63) is 11.8 Å². The molecule has 6 heteroatoms. The van der Waals surface area contributed by atoms with Gasteiger partial charge in [-0.25, -0.2) is 0 Å². The number of hydrogen-bond donors (Lipinski definition) is 1. The molecular formula is C11H18N2O4. The van der Waals surface area contributed by atoms with Crippen LogP contribution in [0.1, 0.15) is 44.9 Å². The molecule has 6 nitrogen and oxygen atoms in total. The second kappa shape index (κ2) is 5.77. The lowest BCUT2D eigenvalue weighted by molar-refractivity contribution is -0.137. The number of methoxy groups -OCH3 is 1. The van der Waals surface area contributed by atoms with Crippen molar-refractivity contribution >= 4 is 5.97 Å². The maximum Gasteiger partial charge on any atom is 0.303 e. The molecule has 0 saturated heterocycles. The molecule has 1 aromatic rings. The summed E-state index contributed by atoms with van der Waals surface area (Å²) in [5.41, 5.74) is -0.571. The second-order valence-electron chi connectivity index (χ2n) is 4.04. The van der Waals surface area contributed by atoms with E-state index in [9.17, 15) is 4.79 Å². The number of carboxylic acid groups (broad SMARTS) is 1. The molecule has 0 bridgehead atoms. The van der Waals surface area contributed by atoms with Crippen LogP contribution in [0.3, 0.4) is 0 Å². The van der Waals surface area contributed by atoms with Gasteiger partial charge < -0.3 is 14.3 Å². The Bertz CT molecular complexity index is 371. The monoisotopic (exact) mass is 242 g/mol. The second-order valence-corrected chi connectivity index (χ2v) is 4.04. The quantitative estimate of drug-likeness (QED) is 0.784. The molecule has 0 aromatic carbocycles. The van der Waals surface area contributed by atoms with E-state index in [0.717, 1.165) is 6.42 Å². The van der Waals surface area contributed by atoms with Gasteiger partial charge in [-0.1, -0.05) is 6.92 Å². The smallest absolute Gasteiger partial charge is 0.303 e. The van der Waals surface area contributed by atoms with E-state index in [2.05, 4.69) is 10.2 Å². The predicted molar refractivity (Wildman–Crippen MR) is 59.5 cm³/mol. The van der Waals surface area contributed by atoms with Crippen molar-refractivity contribution in [2.24, 2.45) is 0 Å². The molecule has 0 aliphatic rings. The van der Waals surface area contributed by atoms with Crippen LogP contribution in [-0.2, 0) is 21.6 Å². The summed E-state index contributed by atoms with van der Waals surface area (Å²) in [6.45, 7) is 3.85. The highest BCUT2D eigenvalue weighted by Crippen LogP contribution is 2.26. The van der Waals surface area contributed by atoms with E-state index < -0.39 is 11.6 Å². The van der Waals surface area contributed by atoms with Gasteiger partial charge in [-0.05, 0) is 19.8 Å². The van der Waals surface area contributed by atoms with Crippen LogP contribution in [0.4, 0.5) is 0 Å². The summed E-state index contributed by atoms with van der Waals surface area (Å²) in [4.78, 5) is 10.4. The normalized spacial score (nSPS) is 14.5.